The van der Waals surface area contributed by atoms with E-state index < -0.39 is 11.9 Å². The molecule has 2 aromatic carbocycles. The summed E-state index contributed by atoms with van der Waals surface area (Å²) in [6.45, 7) is 3.91. The van der Waals surface area contributed by atoms with E-state index in [1.165, 1.54) is 61.8 Å². The summed E-state index contributed by atoms with van der Waals surface area (Å²) in [6.07, 6.45) is 7.16. The van der Waals surface area contributed by atoms with Crippen LogP contribution in [0.5, 0.6) is 0 Å². The minimum Gasteiger partial charge on any atom is -0.398 e. The summed E-state index contributed by atoms with van der Waals surface area (Å²) in [5.41, 5.74) is 13.3. The standard InChI is InChI=1S/C11H13NO.C9H11N.C4H6O3/c1-8(13)12-11-7-3-5-9-4-2-6-10(9)11;10-9-6-2-4-7-3-1-5-8(7)9;1-3(5)7-4(2)6/h3,5,7H,2,4,6H2,1H3,(H,12,13);2,4,6H,1,3,5,10H2;1-2H3. The van der Waals surface area contributed by atoms with Crippen LogP contribution in [0.25, 0.3) is 0 Å². The SMILES string of the molecule is CC(=O)Nc1cccc2c1CCC2.CC(=O)OC(C)=O.Nc1cccc2c1CCC2. The Kier molecular flexibility index (Phi) is 8.59. The van der Waals surface area contributed by atoms with Crippen molar-refractivity contribution in [1.82, 2.24) is 0 Å². The number of carbonyl (C=O) groups excluding carboxylic acids is 3. The minimum absolute atomic E-state index is 0.0142. The molecule has 0 atom stereocenters. The summed E-state index contributed by atoms with van der Waals surface area (Å²) < 4.78 is 3.97. The van der Waals surface area contributed by atoms with Crippen LogP contribution in [-0.4, -0.2) is 17.8 Å². The summed E-state index contributed by atoms with van der Waals surface area (Å²) in [7, 11) is 0. The molecule has 6 nitrogen and oxygen atoms in total. The van der Waals surface area contributed by atoms with Crippen LogP contribution < -0.4 is 11.1 Å². The molecule has 0 aromatic heterocycles. The van der Waals surface area contributed by atoms with E-state index in [4.69, 9.17) is 5.73 Å². The fourth-order valence-corrected chi connectivity index (χ4v) is 3.78. The average Bonchev–Trinajstić information content (AvgIpc) is 3.31. The number of nitrogen functional groups attached to an aromatic ring is 1. The highest BCUT2D eigenvalue weighted by molar-refractivity contribution is 5.89. The number of fused-ring (bicyclic) bond motifs is 2. The van der Waals surface area contributed by atoms with E-state index >= 15 is 0 Å². The van der Waals surface area contributed by atoms with Gasteiger partial charge in [-0.25, -0.2) is 0 Å². The molecule has 0 aliphatic heterocycles. The topological polar surface area (TPSA) is 98.5 Å². The second-order valence-electron chi connectivity index (χ2n) is 7.40. The molecule has 0 spiro atoms. The van der Waals surface area contributed by atoms with Crippen LogP contribution in [0.4, 0.5) is 11.4 Å². The lowest BCUT2D eigenvalue weighted by molar-refractivity contribution is -0.156. The number of amides is 1. The van der Waals surface area contributed by atoms with E-state index in [9.17, 15) is 14.4 Å². The summed E-state index contributed by atoms with van der Waals surface area (Å²) in [4.78, 5) is 30.5. The van der Waals surface area contributed by atoms with Gasteiger partial charge >= 0.3 is 11.9 Å². The zero-order valence-corrected chi connectivity index (χ0v) is 17.9. The number of anilines is 2. The minimum atomic E-state index is -0.562. The van der Waals surface area contributed by atoms with E-state index in [0.29, 0.717) is 0 Å². The molecule has 0 radical (unpaired) electrons. The fraction of sp³-hybridized carbons (Fsp3) is 0.375. The Bertz CT molecular complexity index is 909. The van der Waals surface area contributed by atoms with Crippen molar-refractivity contribution in [2.24, 2.45) is 0 Å². The molecule has 160 valence electrons. The number of esters is 2. The third-order valence-corrected chi connectivity index (χ3v) is 4.93. The first-order valence-electron chi connectivity index (χ1n) is 10.2. The Morgan fingerprint density at radius 2 is 1.33 bits per heavy atom. The largest absolute Gasteiger partial charge is 0.398 e. The third-order valence-electron chi connectivity index (χ3n) is 4.93. The number of nitrogens with one attached hydrogen (secondary N) is 1. The van der Waals surface area contributed by atoms with Gasteiger partial charge in [-0.1, -0.05) is 24.3 Å². The maximum absolute atomic E-state index is 10.9. The van der Waals surface area contributed by atoms with Crippen LogP contribution in [0.2, 0.25) is 0 Å². The van der Waals surface area contributed by atoms with Crippen LogP contribution in [0, 0.1) is 0 Å². The number of nitrogens with two attached hydrogens (primary N) is 1. The van der Waals surface area contributed by atoms with E-state index in [0.717, 1.165) is 24.2 Å². The van der Waals surface area contributed by atoms with Gasteiger partial charge in [0.2, 0.25) is 5.91 Å². The molecule has 30 heavy (non-hydrogen) atoms. The van der Waals surface area contributed by atoms with Crippen LogP contribution in [0.1, 0.15) is 55.9 Å². The summed E-state index contributed by atoms with van der Waals surface area (Å²) in [5, 5.41) is 2.87. The normalized spacial score (nSPS) is 12.9. The van der Waals surface area contributed by atoms with Crippen molar-refractivity contribution in [1.29, 1.82) is 0 Å². The van der Waals surface area contributed by atoms with Gasteiger partial charge in [-0.2, -0.15) is 0 Å². The third kappa shape index (κ3) is 7.03. The van der Waals surface area contributed by atoms with E-state index in [1.54, 1.807) is 6.92 Å². The van der Waals surface area contributed by atoms with Gasteiger partial charge in [0.05, 0.1) is 0 Å². The smallest absolute Gasteiger partial charge is 0.310 e. The lowest BCUT2D eigenvalue weighted by Crippen LogP contribution is -2.07. The van der Waals surface area contributed by atoms with Crippen LogP contribution in [-0.2, 0) is 44.8 Å². The molecule has 4 rings (SSSR count). The first-order chi connectivity index (χ1) is 14.3. The molecular formula is C24H30N2O4. The van der Waals surface area contributed by atoms with Gasteiger partial charge in [0, 0.05) is 32.1 Å². The second kappa shape index (κ2) is 11.1. The second-order valence-corrected chi connectivity index (χ2v) is 7.40. The van der Waals surface area contributed by atoms with Gasteiger partial charge in [0.25, 0.3) is 0 Å². The van der Waals surface area contributed by atoms with Gasteiger partial charge in [-0.3, -0.25) is 14.4 Å². The Morgan fingerprint density at radius 1 is 0.800 bits per heavy atom. The Morgan fingerprint density at radius 3 is 1.83 bits per heavy atom. The highest BCUT2D eigenvalue weighted by atomic mass is 16.6. The first kappa shape index (κ1) is 23.1. The van der Waals surface area contributed by atoms with Crippen LogP contribution in [0.15, 0.2) is 36.4 Å². The molecule has 0 saturated carbocycles. The zero-order valence-electron chi connectivity index (χ0n) is 17.9. The molecule has 0 fully saturated rings. The van der Waals surface area contributed by atoms with Gasteiger partial charge < -0.3 is 15.8 Å². The summed E-state index contributed by atoms with van der Waals surface area (Å²) >= 11 is 0. The number of carbonyl (C=O) groups is 3. The number of benzene rings is 2. The van der Waals surface area contributed by atoms with Crippen molar-refractivity contribution in [2.75, 3.05) is 11.1 Å². The molecule has 2 aromatic rings. The Labute approximate surface area is 177 Å². The van der Waals surface area contributed by atoms with Gasteiger partial charge in [-0.15, -0.1) is 0 Å². The predicted octanol–water partition coefficient (Wildman–Crippen LogP) is 3.99. The summed E-state index contributed by atoms with van der Waals surface area (Å²) in [6, 6.07) is 12.3. The number of hydrogen-bond acceptors (Lipinski definition) is 5. The number of ether oxygens (including phenoxy) is 1. The Hall–Kier alpha value is -3.15. The maximum Gasteiger partial charge on any atom is 0.310 e. The van der Waals surface area contributed by atoms with Crippen molar-refractivity contribution in [3.8, 4) is 0 Å². The highest BCUT2D eigenvalue weighted by Crippen LogP contribution is 2.28. The monoisotopic (exact) mass is 410 g/mol. The molecular weight excluding hydrogens is 380 g/mol. The average molecular weight is 411 g/mol. The van der Waals surface area contributed by atoms with Crippen molar-refractivity contribution < 1.29 is 19.1 Å². The first-order valence-corrected chi connectivity index (χ1v) is 10.2. The van der Waals surface area contributed by atoms with Crippen molar-refractivity contribution in [3.63, 3.8) is 0 Å². The lowest BCUT2D eigenvalue weighted by Gasteiger charge is -2.07. The van der Waals surface area contributed by atoms with Crippen molar-refractivity contribution in [2.45, 2.75) is 59.3 Å². The quantitative estimate of drug-likeness (QED) is 0.421. The summed E-state index contributed by atoms with van der Waals surface area (Å²) in [5.74, 6) is -1.11. The molecule has 2 aliphatic carbocycles. The van der Waals surface area contributed by atoms with Gasteiger partial charge in [-0.05, 0) is 72.9 Å². The number of hydrogen-bond donors (Lipinski definition) is 2. The predicted molar refractivity (Wildman–Crippen MR) is 118 cm³/mol. The molecule has 1 amide bonds. The molecule has 0 saturated heterocycles. The Balaban J connectivity index is 0.000000169. The molecule has 0 bridgehead atoms. The lowest BCUT2D eigenvalue weighted by atomic mass is 10.1. The fourth-order valence-electron chi connectivity index (χ4n) is 3.78. The molecule has 0 heterocycles. The molecule has 3 N–H and O–H groups in total. The number of rotatable bonds is 1. The number of aryl methyl sites for hydroxylation is 2. The highest BCUT2D eigenvalue weighted by Gasteiger charge is 2.14. The van der Waals surface area contributed by atoms with Gasteiger partial charge in [0.1, 0.15) is 0 Å². The van der Waals surface area contributed by atoms with E-state index in [2.05, 4.69) is 22.2 Å². The van der Waals surface area contributed by atoms with Crippen molar-refractivity contribution >= 4 is 29.2 Å². The van der Waals surface area contributed by atoms with Crippen LogP contribution in [0.3, 0.4) is 0 Å². The zero-order chi connectivity index (χ0) is 22.1. The van der Waals surface area contributed by atoms with E-state index in [-0.39, 0.29) is 5.91 Å². The van der Waals surface area contributed by atoms with Gasteiger partial charge in [0.15, 0.2) is 0 Å². The van der Waals surface area contributed by atoms with Crippen LogP contribution >= 0.6 is 0 Å². The van der Waals surface area contributed by atoms with Crippen molar-refractivity contribution in [3.05, 3.63) is 58.7 Å². The molecule has 2 aliphatic rings. The molecule has 6 heteroatoms. The molecule has 0 unspecified atom stereocenters. The van der Waals surface area contributed by atoms with E-state index in [1.807, 2.05) is 24.3 Å². The maximum atomic E-state index is 10.9.